The van der Waals surface area contributed by atoms with Gasteiger partial charge in [0.05, 0.1) is 11.8 Å². The fourth-order valence-corrected chi connectivity index (χ4v) is 2.14. The lowest BCUT2D eigenvalue weighted by molar-refractivity contribution is 0.433. The first-order valence-corrected chi connectivity index (χ1v) is 6.36. The van der Waals surface area contributed by atoms with Crippen molar-refractivity contribution in [2.45, 2.75) is 26.2 Å². The highest BCUT2D eigenvalue weighted by molar-refractivity contribution is 7.71. The molecule has 1 aromatic carbocycles. The lowest BCUT2D eigenvalue weighted by atomic mass is 9.87. The Bertz CT molecular complexity index is 706. The van der Waals surface area contributed by atoms with Crippen molar-refractivity contribution in [2.75, 3.05) is 0 Å². The Hall–Kier alpha value is -1.88. The Balaban J connectivity index is 2.56. The van der Waals surface area contributed by atoms with E-state index in [1.165, 1.54) is 10.1 Å². The molecule has 2 rings (SSSR count). The van der Waals surface area contributed by atoms with Gasteiger partial charge in [-0.25, -0.2) is 0 Å². The average Bonchev–Trinajstić information content (AvgIpc) is 2.27. The number of nitrogens with one attached hydrogen (secondary N) is 1. The summed E-state index contributed by atoms with van der Waals surface area (Å²) in [6.45, 7) is 6.39. The third-order valence-corrected chi connectivity index (χ3v) is 3.20. The maximum absolute atomic E-state index is 11.2. The van der Waals surface area contributed by atoms with Gasteiger partial charge in [-0.2, -0.15) is 0 Å². The second-order valence-electron chi connectivity index (χ2n) is 5.43. The molecular weight excluding hydrogens is 260 g/mol. The maximum Gasteiger partial charge on any atom is 0.255 e. The number of aromatic nitrogens is 2. The first-order chi connectivity index (χ1) is 8.79. The van der Waals surface area contributed by atoms with Gasteiger partial charge in [-0.3, -0.25) is 14.3 Å². The molecule has 0 aliphatic rings. The van der Waals surface area contributed by atoms with Crippen LogP contribution in [0.1, 0.15) is 26.3 Å². The normalized spacial score (nSPS) is 11.5. The van der Waals surface area contributed by atoms with Crippen LogP contribution >= 0.6 is 12.2 Å². The number of benzene rings is 1. The van der Waals surface area contributed by atoms with E-state index in [4.69, 9.17) is 12.2 Å². The summed E-state index contributed by atoms with van der Waals surface area (Å²) in [5.41, 5.74) is 1.55. The molecule has 0 bridgehead atoms. The van der Waals surface area contributed by atoms with Gasteiger partial charge in [0.1, 0.15) is 0 Å². The van der Waals surface area contributed by atoms with Gasteiger partial charge in [0.25, 0.3) is 5.56 Å². The molecule has 2 aromatic rings. The zero-order valence-electron chi connectivity index (χ0n) is 11.1. The Kier molecular flexibility index (Phi) is 3.32. The van der Waals surface area contributed by atoms with Crippen molar-refractivity contribution in [1.82, 2.24) is 9.55 Å². The van der Waals surface area contributed by atoms with Gasteiger partial charge >= 0.3 is 0 Å². The highest BCUT2D eigenvalue weighted by Gasteiger charge is 2.13. The number of hydrogen-bond acceptors (Lipinski definition) is 3. The van der Waals surface area contributed by atoms with Crippen LogP contribution < -0.4 is 5.56 Å². The van der Waals surface area contributed by atoms with Crippen LogP contribution in [0.4, 0.5) is 0 Å². The standard InChI is InChI=1S/C14H16N2O2S/c1-14(2,3)9-4-6-10(7-5-9)16-12(18)8-11(17)15-13(16)19/h4-8,18H,1-3H3,(H,15,17,19). The molecule has 0 saturated heterocycles. The fraction of sp³-hybridized carbons (Fsp3) is 0.286. The van der Waals surface area contributed by atoms with Crippen molar-refractivity contribution >= 4 is 12.2 Å². The van der Waals surface area contributed by atoms with Gasteiger partial charge in [-0.05, 0) is 35.3 Å². The van der Waals surface area contributed by atoms with E-state index in [-0.39, 0.29) is 16.1 Å². The Morgan fingerprint density at radius 3 is 2.26 bits per heavy atom. The van der Waals surface area contributed by atoms with Crippen molar-refractivity contribution in [2.24, 2.45) is 0 Å². The van der Waals surface area contributed by atoms with E-state index in [9.17, 15) is 9.90 Å². The lowest BCUT2D eigenvalue weighted by Crippen LogP contribution is -2.12. The van der Waals surface area contributed by atoms with E-state index in [0.717, 1.165) is 6.07 Å². The first-order valence-electron chi connectivity index (χ1n) is 5.95. The summed E-state index contributed by atoms with van der Waals surface area (Å²) in [4.78, 5) is 13.7. The van der Waals surface area contributed by atoms with Crippen LogP contribution in [0.15, 0.2) is 35.1 Å². The minimum atomic E-state index is -0.412. The fourth-order valence-electron chi connectivity index (χ4n) is 1.84. The number of rotatable bonds is 1. The molecule has 19 heavy (non-hydrogen) atoms. The van der Waals surface area contributed by atoms with E-state index in [2.05, 4.69) is 25.8 Å². The molecule has 0 spiro atoms. The van der Waals surface area contributed by atoms with Crippen LogP contribution in [-0.4, -0.2) is 14.7 Å². The molecule has 5 heteroatoms. The summed E-state index contributed by atoms with van der Waals surface area (Å²) in [6.07, 6.45) is 0. The minimum Gasteiger partial charge on any atom is -0.494 e. The lowest BCUT2D eigenvalue weighted by Gasteiger charge is -2.19. The van der Waals surface area contributed by atoms with Crippen molar-refractivity contribution < 1.29 is 5.11 Å². The number of H-pyrrole nitrogens is 1. The molecule has 0 aliphatic heterocycles. The zero-order chi connectivity index (χ0) is 14.2. The predicted octanol–water partition coefficient (Wildman–Crippen LogP) is 2.90. The average molecular weight is 276 g/mol. The summed E-state index contributed by atoms with van der Waals surface area (Å²) in [5.74, 6) is -0.169. The van der Waals surface area contributed by atoms with Gasteiger partial charge < -0.3 is 5.11 Å². The smallest absolute Gasteiger partial charge is 0.255 e. The Morgan fingerprint density at radius 1 is 1.21 bits per heavy atom. The number of nitrogens with zero attached hydrogens (tertiary/aromatic N) is 1. The second-order valence-corrected chi connectivity index (χ2v) is 5.82. The minimum absolute atomic E-state index is 0.0625. The van der Waals surface area contributed by atoms with Crippen LogP contribution in [0.3, 0.4) is 0 Å². The molecule has 0 saturated carbocycles. The third-order valence-electron chi connectivity index (χ3n) is 2.91. The molecule has 0 atom stereocenters. The number of aromatic hydroxyl groups is 1. The Labute approximate surface area is 116 Å². The van der Waals surface area contributed by atoms with Gasteiger partial charge in [-0.1, -0.05) is 32.9 Å². The van der Waals surface area contributed by atoms with E-state index in [1.807, 2.05) is 24.3 Å². The molecule has 0 amide bonds. The molecule has 100 valence electrons. The van der Waals surface area contributed by atoms with Crippen LogP contribution in [-0.2, 0) is 5.41 Å². The quantitative estimate of drug-likeness (QED) is 0.787. The molecule has 4 nitrogen and oxygen atoms in total. The molecule has 0 unspecified atom stereocenters. The van der Waals surface area contributed by atoms with E-state index in [0.29, 0.717) is 5.69 Å². The van der Waals surface area contributed by atoms with E-state index >= 15 is 0 Å². The number of aromatic amines is 1. The van der Waals surface area contributed by atoms with Crippen molar-refractivity contribution in [1.29, 1.82) is 0 Å². The predicted molar refractivity (Wildman–Crippen MR) is 77.6 cm³/mol. The van der Waals surface area contributed by atoms with Crippen molar-refractivity contribution in [3.05, 3.63) is 51.0 Å². The summed E-state index contributed by atoms with van der Waals surface area (Å²) in [5, 5.41) is 9.83. The summed E-state index contributed by atoms with van der Waals surface area (Å²) < 4.78 is 1.59. The molecular formula is C14H16N2O2S. The second kappa shape index (κ2) is 4.66. The van der Waals surface area contributed by atoms with Crippen LogP contribution in [0.2, 0.25) is 0 Å². The highest BCUT2D eigenvalue weighted by Crippen LogP contribution is 2.24. The monoisotopic (exact) mass is 276 g/mol. The van der Waals surface area contributed by atoms with Crippen LogP contribution in [0.25, 0.3) is 5.69 Å². The maximum atomic E-state index is 11.2. The topological polar surface area (TPSA) is 58.0 Å². The summed E-state index contributed by atoms with van der Waals surface area (Å²) in [6, 6.07) is 8.82. The van der Waals surface area contributed by atoms with Crippen molar-refractivity contribution in [3.63, 3.8) is 0 Å². The van der Waals surface area contributed by atoms with E-state index in [1.54, 1.807) is 0 Å². The van der Waals surface area contributed by atoms with Gasteiger partial charge in [0.15, 0.2) is 4.77 Å². The molecule has 0 radical (unpaired) electrons. The molecule has 0 fully saturated rings. The van der Waals surface area contributed by atoms with Gasteiger partial charge in [0.2, 0.25) is 5.88 Å². The molecule has 2 N–H and O–H groups in total. The highest BCUT2D eigenvalue weighted by atomic mass is 32.1. The zero-order valence-corrected chi connectivity index (χ0v) is 11.9. The van der Waals surface area contributed by atoms with Crippen LogP contribution in [0, 0.1) is 4.77 Å². The SMILES string of the molecule is CC(C)(C)c1ccc(-n2c(O)cc(=O)[nH]c2=S)cc1. The first kappa shape index (κ1) is 13.5. The van der Waals surface area contributed by atoms with E-state index < -0.39 is 5.56 Å². The molecule has 1 heterocycles. The largest absolute Gasteiger partial charge is 0.494 e. The molecule has 1 aromatic heterocycles. The van der Waals surface area contributed by atoms with Gasteiger partial charge in [-0.15, -0.1) is 0 Å². The summed E-state index contributed by atoms with van der Waals surface area (Å²) >= 11 is 5.06. The third kappa shape index (κ3) is 2.76. The Morgan fingerprint density at radius 2 is 1.79 bits per heavy atom. The summed E-state index contributed by atoms with van der Waals surface area (Å²) in [7, 11) is 0. The van der Waals surface area contributed by atoms with Crippen LogP contribution in [0.5, 0.6) is 5.88 Å². The van der Waals surface area contributed by atoms with Gasteiger partial charge in [0, 0.05) is 0 Å². The van der Waals surface area contributed by atoms with Crippen molar-refractivity contribution in [3.8, 4) is 11.6 Å². The number of hydrogen-bond donors (Lipinski definition) is 2. The molecule has 0 aliphatic carbocycles.